The molecule has 1 atom stereocenters. The van der Waals surface area contributed by atoms with Gasteiger partial charge in [0, 0.05) is 6.54 Å². The van der Waals surface area contributed by atoms with Crippen LogP contribution in [0.15, 0.2) is 30.3 Å². The highest BCUT2D eigenvalue weighted by Gasteiger charge is 2.10. The third-order valence-electron chi connectivity index (χ3n) is 1.74. The molecule has 0 aliphatic heterocycles. The molecule has 70 valence electrons. The maximum Gasteiger partial charge on any atom is 0.405 e. The summed E-state index contributed by atoms with van der Waals surface area (Å²) in [5.74, 6) is 0. The minimum Gasteiger partial charge on any atom is -0.465 e. The predicted molar refractivity (Wildman–Crippen MR) is 49.4 cm³/mol. The monoisotopic (exact) mass is 180 g/mol. The summed E-state index contributed by atoms with van der Waals surface area (Å²) in [7, 11) is 0. The summed E-state index contributed by atoms with van der Waals surface area (Å²) in [6.45, 7) is 0.260. The Morgan fingerprint density at radius 3 is 2.54 bits per heavy atom. The van der Waals surface area contributed by atoms with E-state index in [9.17, 15) is 4.79 Å². The van der Waals surface area contributed by atoms with E-state index in [1.165, 1.54) is 0 Å². The van der Waals surface area contributed by atoms with Crippen LogP contribution >= 0.6 is 0 Å². The second-order valence-electron chi connectivity index (χ2n) is 2.65. The molecule has 4 nitrogen and oxygen atoms in total. The van der Waals surface area contributed by atoms with Crippen LogP contribution in [0, 0.1) is 0 Å². The van der Waals surface area contributed by atoms with Crippen LogP contribution in [0.5, 0.6) is 0 Å². The van der Waals surface area contributed by atoms with E-state index in [-0.39, 0.29) is 12.6 Å². The number of benzene rings is 1. The predicted octanol–water partition coefficient (Wildman–Crippen LogP) is 0.954. The van der Waals surface area contributed by atoms with Crippen molar-refractivity contribution in [3.8, 4) is 0 Å². The number of amides is 1. The molecule has 1 rings (SSSR count). The molecule has 0 aromatic heterocycles. The summed E-state index contributed by atoms with van der Waals surface area (Å²) in [5, 5.41) is 10.8. The van der Waals surface area contributed by atoms with Crippen molar-refractivity contribution in [1.29, 1.82) is 0 Å². The molecule has 0 fully saturated rings. The summed E-state index contributed by atoms with van der Waals surface area (Å²) in [5.41, 5.74) is 6.31. The van der Waals surface area contributed by atoms with Crippen molar-refractivity contribution in [1.82, 2.24) is 5.32 Å². The summed E-state index contributed by atoms with van der Waals surface area (Å²) >= 11 is 0. The van der Waals surface area contributed by atoms with E-state index in [0.717, 1.165) is 5.56 Å². The average Bonchev–Trinajstić information content (AvgIpc) is 2.15. The first kappa shape index (κ1) is 9.54. The van der Waals surface area contributed by atoms with Crippen LogP contribution < -0.4 is 11.1 Å². The van der Waals surface area contributed by atoms with Gasteiger partial charge in [0.25, 0.3) is 0 Å². The fourth-order valence-corrected chi connectivity index (χ4v) is 1.11. The lowest BCUT2D eigenvalue weighted by Crippen LogP contribution is -2.32. The Hall–Kier alpha value is -1.55. The van der Waals surface area contributed by atoms with Crippen molar-refractivity contribution >= 4 is 6.09 Å². The second-order valence-corrected chi connectivity index (χ2v) is 2.65. The fraction of sp³-hybridized carbons (Fsp3) is 0.222. The molecule has 0 saturated carbocycles. The van der Waals surface area contributed by atoms with Crippen LogP contribution in [-0.4, -0.2) is 17.7 Å². The van der Waals surface area contributed by atoms with E-state index < -0.39 is 6.09 Å². The van der Waals surface area contributed by atoms with E-state index in [1.807, 2.05) is 30.3 Å². The quantitative estimate of drug-likeness (QED) is 0.648. The summed E-state index contributed by atoms with van der Waals surface area (Å²) in [6.07, 6.45) is -1.06. The van der Waals surface area contributed by atoms with E-state index in [1.54, 1.807) is 0 Å². The SMILES string of the molecule is NCC(NC(=O)O)c1ccccc1. The van der Waals surface area contributed by atoms with Gasteiger partial charge in [0.2, 0.25) is 0 Å². The largest absolute Gasteiger partial charge is 0.465 e. The van der Waals surface area contributed by atoms with Gasteiger partial charge in [0.15, 0.2) is 0 Å². The number of carbonyl (C=O) groups is 1. The Morgan fingerprint density at radius 2 is 2.08 bits per heavy atom. The molecular weight excluding hydrogens is 168 g/mol. The lowest BCUT2D eigenvalue weighted by atomic mass is 10.1. The van der Waals surface area contributed by atoms with E-state index in [4.69, 9.17) is 10.8 Å². The Kier molecular flexibility index (Phi) is 3.28. The smallest absolute Gasteiger partial charge is 0.405 e. The van der Waals surface area contributed by atoms with E-state index in [0.29, 0.717) is 0 Å². The van der Waals surface area contributed by atoms with Gasteiger partial charge in [0.1, 0.15) is 0 Å². The Labute approximate surface area is 76.4 Å². The Balaban J connectivity index is 2.73. The molecule has 0 bridgehead atoms. The summed E-state index contributed by atoms with van der Waals surface area (Å²) in [6, 6.07) is 8.93. The normalized spacial score (nSPS) is 12.1. The molecule has 1 amide bonds. The van der Waals surface area contributed by atoms with Crippen molar-refractivity contribution < 1.29 is 9.90 Å². The highest BCUT2D eigenvalue weighted by molar-refractivity contribution is 5.65. The van der Waals surface area contributed by atoms with Crippen LogP contribution in [-0.2, 0) is 0 Å². The highest BCUT2D eigenvalue weighted by Crippen LogP contribution is 2.09. The van der Waals surface area contributed by atoms with E-state index >= 15 is 0 Å². The van der Waals surface area contributed by atoms with Crippen molar-refractivity contribution in [2.75, 3.05) is 6.54 Å². The van der Waals surface area contributed by atoms with E-state index in [2.05, 4.69) is 5.32 Å². The standard InChI is InChI=1S/C9H12N2O2/c10-6-8(11-9(12)13)7-4-2-1-3-5-7/h1-5,8,11H,6,10H2,(H,12,13). The third-order valence-corrected chi connectivity index (χ3v) is 1.74. The average molecular weight is 180 g/mol. The van der Waals surface area contributed by atoms with Crippen LogP contribution in [0.2, 0.25) is 0 Å². The molecular formula is C9H12N2O2. The lowest BCUT2D eigenvalue weighted by Gasteiger charge is -2.14. The molecule has 4 heteroatoms. The fourth-order valence-electron chi connectivity index (χ4n) is 1.11. The van der Waals surface area contributed by atoms with Gasteiger partial charge in [-0.2, -0.15) is 0 Å². The number of carboxylic acid groups (broad SMARTS) is 1. The minimum atomic E-state index is -1.06. The molecule has 0 aliphatic carbocycles. The number of nitrogens with two attached hydrogens (primary N) is 1. The molecule has 1 aromatic rings. The maximum absolute atomic E-state index is 10.4. The molecule has 0 spiro atoms. The zero-order valence-corrected chi connectivity index (χ0v) is 7.10. The van der Waals surface area contributed by atoms with Crippen molar-refractivity contribution in [3.63, 3.8) is 0 Å². The molecule has 0 heterocycles. The van der Waals surface area contributed by atoms with Gasteiger partial charge in [-0.05, 0) is 5.56 Å². The molecule has 0 aliphatic rings. The number of nitrogens with one attached hydrogen (secondary N) is 1. The minimum absolute atomic E-state index is 0.260. The lowest BCUT2D eigenvalue weighted by molar-refractivity contribution is 0.190. The van der Waals surface area contributed by atoms with Crippen molar-refractivity contribution in [2.24, 2.45) is 5.73 Å². The topological polar surface area (TPSA) is 75.3 Å². The first-order valence-corrected chi connectivity index (χ1v) is 3.98. The highest BCUT2D eigenvalue weighted by atomic mass is 16.4. The van der Waals surface area contributed by atoms with Crippen LogP contribution in [0.4, 0.5) is 4.79 Å². The molecule has 1 aromatic carbocycles. The van der Waals surface area contributed by atoms with Crippen molar-refractivity contribution in [2.45, 2.75) is 6.04 Å². The number of rotatable bonds is 3. The number of hydrogen-bond acceptors (Lipinski definition) is 2. The van der Waals surface area contributed by atoms with Crippen LogP contribution in [0.25, 0.3) is 0 Å². The van der Waals surface area contributed by atoms with Gasteiger partial charge in [-0.25, -0.2) is 4.79 Å². The first-order valence-electron chi connectivity index (χ1n) is 3.98. The molecule has 0 saturated heterocycles. The zero-order chi connectivity index (χ0) is 9.68. The molecule has 4 N–H and O–H groups in total. The van der Waals surface area contributed by atoms with Gasteiger partial charge in [-0.15, -0.1) is 0 Å². The summed E-state index contributed by atoms with van der Waals surface area (Å²) < 4.78 is 0. The van der Waals surface area contributed by atoms with Gasteiger partial charge < -0.3 is 16.2 Å². The van der Waals surface area contributed by atoms with Gasteiger partial charge in [-0.1, -0.05) is 30.3 Å². The van der Waals surface area contributed by atoms with Gasteiger partial charge >= 0.3 is 6.09 Å². The molecule has 1 unspecified atom stereocenters. The molecule has 0 radical (unpaired) electrons. The first-order chi connectivity index (χ1) is 6.24. The Bertz CT molecular complexity index is 274. The second kappa shape index (κ2) is 4.47. The third kappa shape index (κ3) is 2.76. The van der Waals surface area contributed by atoms with Crippen LogP contribution in [0.1, 0.15) is 11.6 Å². The van der Waals surface area contributed by atoms with Crippen molar-refractivity contribution in [3.05, 3.63) is 35.9 Å². The number of hydrogen-bond donors (Lipinski definition) is 3. The summed E-state index contributed by atoms with van der Waals surface area (Å²) in [4.78, 5) is 10.4. The van der Waals surface area contributed by atoms with Gasteiger partial charge in [0.05, 0.1) is 6.04 Å². The maximum atomic E-state index is 10.4. The zero-order valence-electron chi connectivity index (χ0n) is 7.10. The van der Waals surface area contributed by atoms with Gasteiger partial charge in [-0.3, -0.25) is 0 Å². The Morgan fingerprint density at radius 1 is 1.46 bits per heavy atom. The van der Waals surface area contributed by atoms with Crippen LogP contribution in [0.3, 0.4) is 0 Å². The molecule has 13 heavy (non-hydrogen) atoms.